The normalized spacial score (nSPS) is 15.2. The summed E-state index contributed by atoms with van der Waals surface area (Å²) in [5.74, 6) is 0.769. The highest BCUT2D eigenvalue weighted by Gasteiger charge is 2.12. The summed E-state index contributed by atoms with van der Waals surface area (Å²) in [6.45, 7) is 4.12. The number of carbonyl (C=O) groups is 1. The third-order valence-corrected chi connectivity index (χ3v) is 3.11. The summed E-state index contributed by atoms with van der Waals surface area (Å²) in [5.41, 5.74) is 0.770. The molecular formula is C14H21ClN2O3. The van der Waals surface area contributed by atoms with Gasteiger partial charge in [-0.25, -0.2) is 0 Å². The van der Waals surface area contributed by atoms with E-state index in [2.05, 4.69) is 10.2 Å². The van der Waals surface area contributed by atoms with Gasteiger partial charge in [-0.3, -0.25) is 9.69 Å². The second kappa shape index (κ2) is 8.79. The maximum absolute atomic E-state index is 11.8. The van der Waals surface area contributed by atoms with Crippen LogP contribution in [0.5, 0.6) is 5.75 Å². The molecule has 1 aromatic rings. The summed E-state index contributed by atoms with van der Waals surface area (Å²) in [4.78, 5) is 14.1. The lowest BCUT2D eigenvalue weighted by Crippen LogP contribution is -2.38. The number of rotatable bonds is 5. The van der Waals surface area contributed by atoms with Crippen LogP contribution < -0.4 is 10.1 Å². The van der Waals surface area contributed by atoms with Crippen molar-refractivity contribution in [3.63, 3.8) is 0 Å². The molecule has 0 bridgehead atoms. The summed E-state index contributed by atoms with van der Waals surface area (Å²) < 4.78 is 10.4. The highest BCUT2D eigenvalue weighted by atomic mass is 35.5. The largest absolute Gasteiger partial charge is 0.497 e. The van der Waals surface area contributed by atoms with Gasteiger partial charge in [0, 0.05) is 37.8 Å². The lowest BCUT2D eigenvalue weighted by atomic mass is 10.2. The minimum atomic E-state index is 0. The molecule has 5 nitrogen and oxygen atoms in total. The average molecular weight is 301 g/mol. The first kappa shape index (κ1) is 16.8. The minimum absolute atomic E-state index is 0. The third-order valence-electron chi connectivity index (χ3n) is 3.11. The fraction of sp³-hybridized carbons (Fsp3) is 0.500. The maximum atomic E-state index is 11.8. The lowest BCUT2D eigenvalue weighted by molar-refractivity contribution is -0.116. The molecule has 1 amide bonds. The van der Waals surface area contributed by atoms with E-state index in [0.717, 1.165) is 44.3 Å². The Morgan fingerprint density at radius 2 is 2.15 bits per heavy atom. The molecule has 1 aromatic carbocycles. The summed E-state index contributed by atoms with van der Waals surface area (Å²) in [5, 5.41) is 2.88. The molecule has 0 aliphatic carbocycles. The quantitative estimate of drug-likeness (QED) is 0.900. The Kier molecular flexibility index (Phi) is 7.36. The van der Waals surface area contributed by atoms with Crippen molar-refractivity contribution >= 4 is 24.0 Å². The van der Waals surface area contributed by atoms with E-state index in [4.69, 9.17) is 9.47 Å². The van der Waals surface area contributed by atoms with Crippen LogP contribution in [0.15, 0.2) is 24.3 Å². The third kappa shape index (κ3) is 5.36. The first-order valence-electron chi connectivity index (χ1n) is 6.52. The molecule has 2 rings (SSSR count). The van der Waals surface area contributed by atoms with Gasteiger partial charge in [0.2, 0.25) is 5.91 Å². The van der Waals surface area contributed by atoms with E-state index in [1.807, 2.05) is 24.3 Å². The van der Waals surface area contributed by atoms with Crippen molar-refractivity contribution < 1.29 is 14.3 Å². The summed E-state index contributed by atoms with van der Waals surface area (Å²) in [6.07, 6.45) is 0.497. The monoisotopic (exact) mass is 300 g/mol. The molecule has 0 spiro atoms. The van der Waals surface area contributed by atoms with Crippen molar-refractivity contribution in [1.82, 2.24) is 4.90 Å². The van der Waals surface area contributed by atoms with Gasteiger partial charge in [-0.1, -0.05) is 6.07 Å². The van der Waals surface area contributed by atoms with Crippen molar-refractivity contribution in [3.05, 3.63) is 24.3 Å². The van der Waals surface area contributed by atoms with Gasteiger partial charge in [0.05, 0.1) is 20.3 Å². The maximum Gasteiger partial charge on any atom is 0.225 e. The number of amides is 1. The fourth-order valence-electron chi connectivity index (χ4n) is 2.01. The number of hydrogen-bond acceptors (Lipinski definition) is 4. The van der Waals surface area contributed by atoms with Crippen LogP contribution in [0.1, 0.15) is 6.42 Å². The highest BCUT2D eigenvalue weighted by Crippen LogP contribution is 2.16. The fourth-order valence-corrected chi connectivity index (χ4v) is 2.01. The van der Waals surface area contributed by atoms with Crippen molar-refractivity contribution in [2.45, 2.75) is 6.42 Å². The number of benzene rings is 1. The van der Waals surface area contributed by atoms with Gasteiger partial charge in [0.25, 0.3) is 0 Å². The highest BCUT2D eigenvalue weighted by molar-refractivity contribution is 5.91. The Labute approximate surface area is 125 Å². The van der Waals surface area contributed by atoms with E-state index in [1.54, 1.807) is 7.11 Å². The van der Waals surface area contributed by atoms with Gasteiger partial charge < -0.3 is 14.8 Å². The van der Waals surface area contributed by atoms with Crippen LogP contribution in [0.4, 0.5) is 5.69 Å². The molecule has 0 unspecified atom stereocenters. The Morgan fingerprint density at radius 3 is 2.85 bits per heavy atom. The first-order chi connectivity index (χ1) is 9.28. The number of morpholine rings is 1. The number of ether oxygens (including phenoxy) is 2. The van der Waals surface area contributed by atoms with Crippen LogP contribution in [0, 0.1) is 0 Å². The van der Waals surface area contributed by atoms with Crippen molar-refractivity contribution in [3.8, 4) is 5.75 Å². The van der Waals surface area contributed by atoms with Gasteiger partial charge in [0.1, 0.15) is 5.75 Å². The van der Waals surface area contributed by atoms with Gasteiger partial charge in [-0.2, -0.15) is 0 Å². The zero-order valence-corrected chi connectivity index (χ0v) is 12.4. The molecule has 6 heteroatoms. The number of nitrogens with zero attached hydrogens (tertiary/aromatic N) is 1. The Balaban J connectivity index is 0.00000200. The number of halogens is 1. The van der Waals surface area contributed by atoms with E-state index < -0.39 is 0 Å². The molecule has 1 aliphatic heterocycles. The number of hydrogen-bond donors (Lipinski definition) is 1. The number of nitrogens with one attached hydrogen (secondary N) is 1. The summed E-state index contributed by atoms with van der Waals surface area (Å²) in [7, 11) is 1.61. The smallest absolute Gasteiger partial charge is 0.225 e. The van der Waals surface area contributed by atoms with E-state index in [0.29, 0.717) is 6.42 Å². The number of methoxy groups -OCH3 is 1. The first-order valence-corrected chi connectivity index (χ1v) is 6.52. The predicted octanol–water partition coefficient (Wildman–Crippen LogP) is 1.78. The van der Waals surface area contributed by atoms with Crippen LogP contribution in [0.25, 0.3) is 0 Å². The van der Waals surface area contributed by atoms with Crippen molar-refractivity contribution in [2.75, 3.05) is 45.3 Å². The molecule has 1 fully saturated rings. The van der Waals surface area contributed by atoms with E-state index >= 15 is 0 Å². The second-order valence-corrected chi connectivity index (χ2v) is 4.48. The van der Waals surface area contributed by atoms with Gasteiger partial charge in [0.15, 0.2) is 0 Å². The molecule has 112 valence electrons. The van der Waals surface area contributed by atoms with E-state index in [9.17, 15) is 4.79 Å². The Hall–Kier alpha value is -1.30. The number of anilines is 1. The van der Waals surface area contributed by atoms with Crippen LogP contribution in [0.3, 0.4) is 0 Å². The lowest BCUT2D eigenvalue weighted by Gasteiger charge is -2.26. The predicted molar refractivity (Wildman–Crippen MR) is 80.7 cm³/mol. The van der Waals surface area contributed by atoms with Gasteiger partial charge in [-0.05, 0) is 12.1 Å². The van der Waals surface area contributed by atoms with Gasteiger partial charge >= 0.3 is 0 Å². The minimum Gasteiger partial charge on any atom is -0.497 e. The van der Waals surface area contributed by atoms with E-state index in [-0.39, 0.29) is 18.3 Å². The molecule has 0 aromatic heterocycles. The number of carbonyl (C=O) groups excluding carboxylic acids is 1. The molecule has 1 heterocycles. The molecule has 1 N–H and O–H groups in total. The zero-order valence-electron chi connectivity index (χ0n) is 11.6. The van der Waals surface area contributed by atoms with Crippen LogP contribution in [0.2, 0.25) is 0 Å². The molecule has 1 aliphatic rings. The SMILES string of the molecule is COc1cccc(NC(=O)CCN2CCOCC2)c1.Cl. The summed E-state index contributed by atoms with van der Waals surface area (Å²) >= 11 is 0. The topological polar surface area (TPSA) is 50.8 Å². The van der Waals surface area contributed by atoms with Crippen LogP contribution in [-0.2, 0) is 9.53 Å². The average Bonchev–Trinajstić information content (AvgIpc) is 2.46. The molecule has 20 heavy (non-hydrogen) atoms. The standard InChI is InChI=1S/C14H20N2O3.ClH/c1-18-13-4-2-3-12(11-13)15-14(17)5-6-16-7-9-19-10-8-16;/h2-4,11H,5-10H2,1H3,(H,15,17);1H. The molecule has 1 saturated heterocycles. The van der Waals surface area contributed by atoms with Crippen molar-refractivity contribution in [1.29, 1.82) is 0 Å². The van der Waals surface area contributed by atoms with Gasteiger partial charge in [-0.15, -0.1) is 12.4 Å². The van der Waals surface area contributed by atoms with E-state index in [1.165, 1.54) is 0 Å². The van der Waals surface area contributed by atoms with Crippen LogP contribution >= 0.6 is 12.4 Å². The molecule has 0 atom stereocenters. The Bertz CT molecular complexity index is 423. The molecular weight excluding hydrogens is 280 g/mol. The van der Waals surface area contributed by atoms with Crippen molar-refractivity contribution in [2.24, 2.45) is 0 Å². The van der Waals surface area contributed by atoms with Crippen LogP contribution in [-0.4, -0.2) is 50.8 Å². The zero-order chi connectivity index (χ0) is 13.5. The summed E-state index contributed by atoms with van der Waals surface area (Å²) in [6, 6.07) is 7.38. The Morgan fingerprint density at radius 1 is 1.40 bits per heavy atom. The second-order valence-electron chi connectivity index (χ2n) is 4.48. The molecule has 0 saturated carbocycles. The molecule has 0 radical (unpaired) electrons.